The number of halogens is 1. The highest BCUT2D eigenvalue weighted by molar-refractivity contribution is 7.89. The minimum Gasteiger partial charge on any atom is -0.497 e. The molecule has 160 valence electrons. The van der Waals surface area contributed by atoms with Crippen LogP contribution >= 0.6 is 11.6 Å². The Morgan fingerprint density at radius 1 is 1.27 bits per heavy atom. The van der Waals surface area contributed by atoms with Crippen molar-refractivity contribution in [2.75, 3.05) is 25.5 Å². The van der Waals surface area contributed by atoms with Gasteiger partial charge < -0.3 is 10.1 Å². The van der Waals surface area contributed by atoms with Gasteiger partial charge in [-0.05, 0) is 43.2 Å². The highest BCUT2D eigenvalue weighted by atomic mass is 35.5. The highest BCUT2D eigenvalue weighted by Gasteiger charge is 2.33. The van der Waals surface area contributed by atoms with Gasteiger partial charge in [-0.3, -0.25) is 14.9 Å². The Kier molecular flexibility index (Phi) is 6.59. The average molecular weight is 454 g/mol. The van der Waals surface area contributed by atoms with E-state index in [1.165, 1.54) is 41.7 Å². The maximum Gasteiger partial charge on any atom is 0.271 e. The van der Waals surface area contributed by atoms with Gasteiger partial charge in [0.05, 0.1) is 33.6 Å². The number of nitrogens with one attached hydrogen (secondary N) is 1. The number of rotatable bonds is 6. The lowest BCUT2D eigenvalue weighted by molar-refractivity contribution is -0.384. The van der Waals surface area contributed by atoms with Gasteiger partial charge in [0, 0.05) is 25.2 Å². The van der Waals surface area contributed by atoms with Crippen LogP contribution < -0.4 is 10.1 Å². The minimum atomic E-state index is -3.77. The molecule has 0 aliphatic carbocycles. The molecule has 1 atom stereocenters. The lowest BCUT2D eigenvalue weighted by Gasteiger charge is -2.31. The Bertz CT molecular complexity index is 1060. The molecule has 1 fully saturated rings. The van der Waals surface area contributed by atoms with Gasteiger partial charge in [-0.15, -0.1) is 0 Å². The molecule has 0 spiro atoms. The number of nitro groups is 1. The third-order valence-corrected chi connectivity index (χ3v) is 7.08. The Morgan fingerprint density at radius 2 is 1.97 bits per heavy atom. The molecule has 1 amide bonds. The summed E-state index contributed by atoms with van der Waals surface area (Å²) < 4.78 is 32.2. The van der Waals surface area contributed by atoms with Crippen molar-refractivity contribution in [3.05, 3.63) is 57.6 Å². The lowest BCUT2D eigenvalue weighted by Crippen LogP contribution is -2.43. The first-order valence-corrected chi connectivity index (χ1v) is 10.9. The molecule has 2 aromatic rings. The molecule has 0 unspecified atom stereocenters. The van der Waals surface area contributed by atoms with Crippen LogP contribution in [0, 0.1) is 16.0 Å². The molecule has 3 rings (SSSR count). The van der Waals surface area contributed by atoms with Gasteiger partial charge >= 0.3 is 0 Å². The molecule has 0 aromatic heterocycles. The van der Waals surface area contributed by atoms with E-state index in [2.05, 4.69) is 5.32 Å². The molecule has 1 heterocycles. The van der Waals surface area contributed by atoms with Crippen molar-refractivity contribution < 1.29 is 22.9 Å². The van der Waals surface area contributed by atoms with Gasteiger partial charge in [-0.1, -0.05) is 11.6 Å². The zero-order valence-electron chi connectivity index (χ0n) is 16.1. The summed E-state index contributed by atoms with van der Waals surface area (Å²) in [5.41, 5.74) is -0.0898. The summed E-state index contributed by atoms with van der Waals surface area (Å²) in [6, 6.07) is 9.78. The zero-order valence-corrected chi connectivity index (χ0v) is 17.6. The SMILES string of the molecule is COc1ccc(S(=O)(=O)N2CCC[C@H](C(=O)Nc3cc([N+](=O)[O-])ccc3Cl)C2)cc1. The van der Waals surface area contributed by atoms with E-state index in [9.17, 15) is 23.3 Å². The molecule has 0 saturated carbocycles. The summed E-state index contributed by atoms with van der Waals surface area (Å²) in [7, 11) is -2.28. The van der Waals surface area contributed by atoms with Crippen molar-refractivity contribution in [1.29, 1.82) is 0 Å². The maximum atomic E-state index is 12.9. The summed E-state index contributed by atoms with van der Waals surface area (Å²) in [5, 5.41) is 13.7. The summed E-state index contributed by atoms with van der Waals surface area (Å²) in [5.74, 6) is -0.507. The van der Waals surface area contributed by atoms with E-state index in [0.717, 1.165) is 0 Å². The fraction of sp³-hybridized carbons (Fsp3) is 0.316. The van der Waals surface area contributed by atoms with Crippen molar-refractivity contribution >= 4 is 38.9 Å². The molecule has 0 bridgehead atoms. The number of nitrogens with zero attached hydrogens (tertiary/aromatic N) is 2. The molecule has 9 nitrogen and oxygen atoms in total. The second-order valence-corrected chi connectivity index (χ2v) is 9.13. The number of nitro benzene ring substituents is 1. The monoisotopic (exact) mass is 453 g/mol. The zero-order chi connectivity index (χ0) is 21.9. The number of hydrogen-bond acceptors (Lipinski definition) is 6. The van der Waals surface area contributed by atoms with Gasteiger partial charge in [0.15, 0.2) is 0 Å². The van der Waals surface area contributed by atoms with E-state index in [1.807, 2.05) is 0 Å². The number of piperidine rings is 1. The van der Waals surface area contributed by atoms with Gasteiger partial charge in [-0.2, -0.15) is 4.31 Å². The van der Waals surface area contributed by atoms with Gasteiger partial charge in [0.1, 0.15) is 5.75 Å². The van der Waals surface area contributed by atoms with E-state index in [1.54, 1.807) is 12.1 Å². The number of methoxy groups -OCH3 is 1. The van der Waals surface area contributed by atoms with Gasteiger partial charge in [-0.25, -0.2) is 8.42 Å². The van der Waals surface area contributed by atoms with Gasteiger partial charge in [0.25, 0.3) is 5.69 Å². The standard InChI is InChI=1S/C19H20ClN3O6S/c1-29-15-5-7-16(8-6-15)30(27,28)22-10-2-3-13(12-22)19(24)21-18-11-14(23(25)26)4-9-17(18)20/h4-9,11,13H,2-3,10,12H2,1H3,(H,21,24)/t13-/m0/s1. The highest BCUT2D eigenvalue weighted by Crippen LogP contribution is 2.29. The molecule has 1 aliphatic rings. The Labute approximate surface area is 178 Å². The van der Waals surface area contributed by atoms with Crippen molar-refractivity contribution in [2.24, 2.45) is 5.92 Å². The normalized spacial score (nSPS) is 17.3. The first-order valence-electron chi connectivity index (χ1n) is 9.11. The van der Waals surface area contributed by atoms with Crippen LogP contribution in [0.1, 0.15) is 12.8 Å². The summed E-state index contributed by atoms with van der Waals surface area (Å²) in [6.07, 6.45) is 1.00. The third kappa shape index (κ3) is 4.72. The molecular weight excluding hydrogens is 434 g/mol. The van der Waals surface area contributed by atoms with E-state index in [4.69, 9.17) is 16.3 Å². The van der Waals surface area contributed by atoms with E-state index >= 15 is 0 Å². The number of anilines is 1. The summed E-state index contributed by atoms with van der Waals surface area (Å²) >= 11 is 6.04. The minimum absolute atomic E-state index is 0.00669. The average Bonchev–Trinajstić information content (AvgIpc) is 2.75. The molecule has 2 aromatic carbocycles. The van der Waals surface area contributed by atoms with Crippen LogP contribution in [0.5, 0.6) is 5.75 Å². The number of ether oxygens (including phenoxy) is 1. The number of carbonyl (C=O) groups is 1. The number of benzene rings is 2. The van der Waals surface area contributed by atoms with Gasteiger partial charge in [0.2, 0.25) is 15.9 Å². The number of non-ortho nitro benzene ring substituents is 1. The smallest absolute Gasteiger partial charge is 0.271 e. The van der Waals surface area contributed by atoms with Crippen LogP contribution in [0.25, 0.3) is 0 Å². The van der Waals surface area contributed by atoms with Crippen LogP contribution in [-0.4, -0.2) is 43.8 Å². The molecule has 11 heteroatoms. The van der Waals surface area contributed by atoms with Crippen molar-refractivity contribution in [3.8, 4) is 5.75 Å². The third-order valence-electron chi connectivity index (χ3n) is 4.87. The topological polar surface area (TPSA) is 119 Å². The first-order chi connectivity index (χ1) is 14.2. The number of carbonyl (C=O) groups excluding carboxylic acids is 1. The van der Waals surface area contributed by atoms with Crippen molar-refractivity contribution in [1.82, 2.24) is 4.31 Å². The summed E-state index contributed by atoms with van der Waals surface area (Å²) in [4.78, 5) is 23.2. The number of sulfonamides is 1. The lowest BCUT2D eigenvalue weighted by atomic mass is 9.98. The van der Waals surface area contributed by atoms with Crippen LogP contribution in [-0.2, 0) is 14.8 Å². The van der Waals surface area contributed by atoms with Crippen LogP contribution in [0.2, 0.25) is 5.02 Å². The molecular formula is C19H20ClN3O6S. The molecule has 1 N–H and O–H groups in total. The largest absolute Gasteiger partial charge is 0.497 e. The van der Waals surface area contributed by atoms with E-state index in [-0.39, 0.29) is 27.8 Å². The van der Waals surface area contributed by atoms with E-state index < -0.39 is 26.8 Å². The molecule has 1 saturated heterocycles. The molecule has 30 heavy (non-hydrogen) atoms. The second kappa shape index (κ2) is 8.99. The van der Waals surface area contributed by atoms with Crippen LogP contribution in [0.3, 0.4) is 0 Å². The van der Waals surface area contributed by atoms with Crippen molar-refractivity contribution in [2.45, 2.75) is 17.7 Å². The Balaban J connectivity index is 1.74. The fourth-order valence-corrected chi connectivity index (χ4v) is 4.92. The van der Waals surface area contributed by atoms with E-state index in [0.29, 0.717) is 25.1 Å². The summed E-state index contributed by atoms with van der Waals surface area (Å²) in [6.45, 7) is 0.308. The number of amides is 1. The predicted octanol–water partition coefficient (Wildman–Crippen LogP) is 3.30. The fourth-order valence-electron chi connectivity index (χ4n) is 3.23. The maximum absolute atomic E-state index is 12.9. The first kappa shape index (κ1) is 22.0. The van der Waals surface area contributed by atoms with Crippen LogP contribution in [0.15, 0.2) is 47.4 Å². The van der Waals surface area contributed by atoms with Crippen LogP contribution in [0.4, 0.5) is 11.4 Å². The molecule has 0 radical (unpaired) electrons. The van der Waals surface area contributed by atoms with Crippen molar-refractivity contribution in [3.63, 3.8) is 0 Å². The number of hydrogen-bond donors (Lipinski definition) is 1. The predicted molar refractivity (Wildman–Crippen MR) is 111 cm³/mol. The molecule has 1 aliphatic heterocycles. The Hall–Kier alpha value is -2.69. The quantitative estimate of drug-likeness (QED) is 0.529. The Morgan fingerprint density at radius 3 is 2.60 bits per heavy atom. The second-order valence-electron chi connectivity index (χ2n) is 6.79.